The molecule has 2 N–H and O–H groups in total. The molecule has 2 rings (SSSR count). The van der Waals surface area contributed by atoms with Crippen molar-refractivity contribution < 1.29 is 14.6 Å². The van der Waals surface area contributed by atoms with E-state index in [1.54, 1.807) is 0 Å². The van der Waals surface area contributed by atoms with Crippen LogP contribution in [0.5, 0.6) is 0 Å². The average Bonchev–Trinajstić information content (AvgIpc) is 1.93. The topological polar surface area (TPSA) is 58.6 Å². The maximum atomic E-state index is 11.5. The molecule has 0 spiro atoms. The molecule has 0 radical (unpaired) electrons. The quantitative estimate of drug-likeness (QED) is 0.632. The van der Waals surface area contributed by atoms with Gasteiger partial charge in [0.2, 0.25) is 5.91 Å². The summed E-state index contributed by atoms with van der Waals surface area (Å²) in [6.07, 6.45) is 2.91. The first kappa shape index (κ1) is 8.97. The fraction of sp³-hybridized carbons (Fsp3) is 0.889. The lowest BCUT2D eigenvalue weighted by Crippen LogP contribution is -2.59. The van der Waals surface area contributed by atoms with Crippen LogP contribution in [-0.2, 0) is 9.53 Å². The Morgan fingerprint density at radius 1 is 1.54 bits per heavy atom. The first-order chi connectivity index (χ1) is 6.26. The normalized spacial score (nSPS) is 25.9. The highest BCUT2D eigenvalue weighted by Crippen LogP contribution is 2.31. The number of nitrogens with one attached hydrogen (secondary N) is 1. The molecule has 1 saturated heterocycles. The number of rotatable bonds is 3. The van der Waals surface area contributed by atoms with Crippen molar-refractivity contribution in [1.82, 2.24) is 5.32 Å². The lowest BCUT2D eigenvalue weighted by Gasteiger charge is -2.42. The van der Waals surface area contributed by atoms with Crippen LogP contribution in [0.4, 0.5) is 0 Å². The first-order valence-corrected chi connectivity index (χ1v) is 4.76. The fourth-order valence-electron chi connectivity index (χ4n) is 1.68. The van der Waals surface area contributed by atoms with Crippen LogP contribution in [0.1, 0.15) is 19.3 Å². The van der Waals surface area contributed by atoms with Gasteiger partial charge < -0.3 is 15.2 Å². The Labute approximate surface area is 77.3 Å². The number of aliphatic hydroxyl groups excluding tert-OH is 1. The predicted molar refractivity (Wildman–Crippen MR) is 46.1 cm³/mol. The molecule has 0 atom stereocenters. The van der Waals surface area contributed by atoms with E-state index in [9.17, 15) is 4.79 Å². The summed E-state index contributed by atoms with van der Waals surface area (Å²) in [6, 6.07) is 0. The van der Waals surface area contributed by atoms with Gasteiger partial charge in [-0.25, -0.2) is 0 Å². The van der Waals surface area contributed by atoms with Crippen molar-refractivity contribution in [2.24, 2.45) is 5.92 Å². The fourth-order valence-corrected chi connectivity index (χ4v) is 1.68. The number of hydrogen-bond donors (Lipinski definition) is 2. The maximum absolute atomic E-state index is 11.5. The number of amides is 1. The zero-order valence-electron chi connectivity index (χ0n) is 7.58. The third-order valence-electron chi connectivity index (χ3n) is 3.01. The number of aliphatic hydroxyl groups is 1. The van der Waals surface area contributed by atoms with E-state index in [1.807, 2.05) is 0 Å². The summed E-state index contributed by atoms with van der Waals surface area (Å²) in [5, 5.41) is 12.0. The van der Waals surface area contributed by atoms with E-state index in [2.05, 4.69) is 5.32 Å². The van der Waals surface area contributed by atoms with Gasteiger partial charge in [0.25, 0.3) is 0 Å². The van der Waals surface area contributed by atoms with E-state index in [0.29, 0.717) is 13.2 Å². The second-order valence-corrected chi connectivity index (χ2v) is 4.02. The van der Waals surface area contributed by atoms with Crippen molar-refractivity contribution in [3.05, 3.63) is 0 Å². The van der Waals surface area contributed by atoms with Crippen LogP contribution >= 0.6 is 0 Å². The van der Waals surface area contributed by atoms with E-state index < -0.39 is 0 Å². The summed E-state index contributed by atoms with van der Waals surface area (Å²) in [5.74, 6) is 0.0593. The lowest BCUT2D eigenvalue weighted by molar-refractivity contribution is -0.142. The third-order valence-corrected chi connectivity index (χ3v) is 3.01. The largest absolute Gasteiger partial charge is 0.394 e. The summed E-state index contributed by atoms with van der Waals surface area (Å²) < 4.78 is 4.93. The number of hydrogen-bond acceptors (Lipinski definition) is 3. The van der Waals surface area contributed by atoms with Crippen molar-refractivity contribution in [3.8, 4) is 0 Å². The summed E-state index contributed by atoms with van der Waals surface area (Å²) in [6.45, 7) is 1.13. The molecule has 1 aliphatic carbocycles. The average molecular weight is 185 g/mol. The molecule has 4 nitrogen and oxygen atoms in total. The van der Waals surface area contributed by atoms with Gasteiger partial charge in [-0.05, 0) is 19.3 Å². The van der Waals surface area contributed by atoms with E-state index in [0.717, 1.165) is 19.3 Å². The van der Waals surface area contributed by atoms with Gasteiger partial charge in [-0.3, -0.25) is 4.79 Å². The van der Waals surface area contributed by atoms with Gasteiger partial charge >= 0.3 is 0 Å². The monoisotopic (exact) mass is 185 g/mol. The van der Waals surface area contributed by atoms with Gasteiger partial charge in [0.15, 0.2) is 0 Å². The van der Waals surface area contributed by atoms with Crippen LogP contribution < -0.4 is 5.32 Å². The minimum Gasteiger partial charge on any atom is -0.394 e. The van der Waals surface area contributed by atoms with Crippen LogP contribution in [0, 0.1) is 5.92 Å². The van der Waals surface area contributed by atoms with Gasteiger partial charge in [0, 0.05) is 0 Å². The van der Waals surface area contributed by atoms with Crippen molar-refractivity contribution in [1.29, 1.82) is 0 Å². The van der Waals surface area contributed by atoms with Crippen LogP contribution in [0.15, 0.2) is 0 Å². The first-order valence-electron chi connectivity index (χ1n) is 4.76. The van der Waals surface area contributed by atoms with Crippen LogP contribution in [0.3, 0.4) is 0 Å². The van der Waals surface area contributed by atoms with E-state index in [-0.39, 0.29) is 24.0 Å². The molecule has 0 aromatic heterocycles. The molecule has 0 bridgehead atoms. The van der Waals surface area contributed by atoms with E-state index in [4.69, 9.17) is 9.84 Å². The van der Waals surface area contributed by atoms with Crippen molar-refractivity contribution in [3.63, 3.8) is 0 Å². The molecule has 13 heavy (non-hydrogen) atoms. The molecular weight excluding hydrogens is 170 g/mol. The lowest BCUT2D eigenvalue weighted by atomic mass is 9.77. The van der Waals surface area contributed by atoms with E-state index >= 15 is 0 Å². The highest BCUT2D eigenvalue weighted by atomic mass is 16.5. The summed E-state index contributed by atoms with van der Waals surface area (Å²) in [5.41, 5.74) is -0.299. The minimum absolute atomic E-state index is 0.0176. The minimum atomic E-state index is -0.299. The number of carbonyl (C=O) groups is 1. The summed E-state index contributed by atoms with van der Waals surface area (Å²) in [7, 11) is 0. The molecule has 0 unspecified atom stereocenters. The van der Waals surface area contributed by atoms with Gasteiger partial charge in [0.05, 0.1) is 31.3 Å². The summed E-state index contributed by atoms with van der Waals surface area (Å²) >= 11 is 0. The maximum Gasteiger partial charge on any atom is 0.228 e. The zero-order chi connectivity index (χ0) is 9.31. The molecule has 1 amide bonds. The molecule has 0 aromatic carbocycles. The molecule has 0 aromatic rings. The number of ether oxygens (including phenoxy) is 1. The molecule has 74 valence electrons. The van der Waals surface area contributed by atoms with Gasteiger partial charge in [0.1, 0.15) is 0 Å². The molecule has 2 fully saturated rings. The van der Waals surface area contributed by atoms with Crippen LogP contribution in [0.2, 0.25) is 0 Å². The molecule has 1 heterocycles. The Hall–Kier alpha value is -0.610. The van der Waals surface area contributed by atoms with Gasteiger partial charge in [-0.15, -0.1) is 0 Å². The molecule has 4 heteroatoms. The van der Waals surface area contributed by atoms with Crippen molar-refractivity contribution >= 4 is 5.91 Å². The highest BCUT2D eigenvalue weighted by Gasteiger charge is 2.40. The van der Waals surface area contributed by atoms with Crippen LogP contribution in [0.25, 0.3) is 0 Å². The van der Waals surface area contributed by atoms with Crippen LogP contribution in [-0.4, -0.2) is 36.4 Å². The molecular formula is C9H15NO3. The standard InChI is InChI=1S/C9H15NO3/c11-6-9(2-1-3-9)10-8(12)7-4-13-5-7/h7,11H,1-6H2,(H,10,12). The Kier molecular flexibility index (Phi) is 2.26. The molecule has 1 aliphatic heterocycles. The Morgan fingerprint density at radius 2 is 2.23 bits per heavy atom. The Bertz CT molecular complexity index is 203. The van der Waals surface area contributed by atoms with Gasteiger partial charge in [-0.1, -0.05) is 0 Å². The number of carbonyl (C=O) groups excluding carboxylic acids is 1. The third kappa shape index (κ3) is 1.56. The predicted octanol–water partition coefficient (Wildman–Crippen LogP) is -0.336. The smallest absolute Gasteiger partial charge is 0.228 e. The zero-order valence-corrected chi connectivity index (χ0v) is 7.58. The van der Waals surface area contributed by atoms with E-state index in [1.165, 1.54) is 0 Å². The second-order valence-electron chi connectivity index (χ2n) is 4.02. The van der Waals surface area contributed by atoms with Crippen molar-refractivity contribution in [2.75, 3.05) is 19.8 Å². The summed E-state index contributed by atoms with van der Waals surface area (Å²) in [4.78, 5) is 11.5. The highest BCUT2D eigenvalue weighted by molar-refractivity contribution is 5.80. The Balaban J connectivity index is 1.84. The van der Waals surface area contributed by atoms with Gasteiger partial charge in [-0.2, -0.15) is 0 Å². The Morgan fingerprint density at radius 3 is 2.54 bits per heavy atom. The molecule has 2 aliphatic rings. The second kappa shape index (κ2) is 3.27. The SMILES string of the molecule is O=C(NC1(CO)CCC1)C1COC1. The van der Waals surface area contributed by atoms with Crippen molar-refractivity contribution in [2.45, 2.75) is 24.8 Å². The molecule has 1 saturated carbocycles.